The van der Waals surface area contributed by atoms with Gasteiger partial charge < -0.3 is 19.3 Å². The van der Waals surface area contributed by atoms with Gasteiger partial charge in [-0.1, -0.05) is 194 Å². The molecule has 0 aromatic carbocycles. The van der Waals surface area contributed by atoms with Crippen molar-refractivity contribution in [3.8, 4) is 0 Å². The van der Waals surface area contributed by atoms with Crippen LogP contribution in [-0.2, 0) is 33.4 Å². The minimum absolute atomic E-state index is 0.0806. The SMILES string of the molecule is CCCCCCCCCCCCOC(=O)C1CC(C(=O)OCCCCCCCCCCCC)C(C(=O)OCCCCCCCCCCCC)CC1C(=O)O. The summed E-state index contributed by atoms with van der Waals surface area (Å²) in [7, 11) is 0. The van der Waals surface area contributed by atoms with Gasteiger partial charge in [-0.2, -0.15) is 0 Å². The number of carboxylic acid groups (broad SMARTS) is 1. The van der Waals surface area contributed by atoms with E-state index in [0.29, 0.717) is 0 Å². The molecule has 0 aromatic rings. The monoisotopic (exact) mass is 765 g/mol. The molecular formula is C46H84O8. The van der Waals surface area contributed by atoms with Crippen LogP contribution in [0.5, 0.6) is 0 Å². The quantitative estimate of drug-likeness (QED) is 0.0377. The first-order valence-corrected chi connectivity index (χ1v) is 23.1. The number of carbonyl (C=O) groups excluding carboxylic acids is 3. The van der Waals surface area contributed by atoms with Crippen molar-refractivity contribution in [3.05, 3.63) is 0 Å². The summed E-state index contributed by atoms with van der Waals surface area (Å²) < 4.78 is 17.0. The highest BCUT2D eigenvalue weighted by atomic mass is 16.5. The van der Waals surface area contributed by atoms with Crippen LogP contribution >= 0.6 is 0 Å². The smallest absolute Gasteiger partial charge is 0.309 e. The van der Waals surface area contributed by atoms with Crippen LogP contribution in [0.2, 0.25) is 0 Å². The maximum absolute atomic E-state index is 13.5. The van der Waals surface area contributed by atoms with Gasteiger partial charge in [0.25, 0.3) is 0 Å². The fourth-order valence-electron chi connectivity index (χ4n) is 7.87. The van der Waals surface area contributed by atoms with Gasteiger partial charge >= 0.3 is 23.9 Å². The second-order valence-electron chi connectivity index (χ2n) is 16.3. The van der Waals surface area contributed by atoms with E-state index in [0.717, 1.165) is 57.8 Å². The molecule has 0 spiro atoms. The summed E-state index contributed by atoms with van der Waals surface area (Å²) in [6.45, 7) is 7.41. The Morgan fingerprint density at radius 1 is 0.352 bits per heavy atom. The number of ether oxygens (including phenoxy) is 3. The first-order chi connectivity index (χ1) is 26.4. The van der Waals surface area contributed by atoms with Crippen LogP contribution in [0, 0.1) is 23.7 Å². The summed E-state index contributed by atoms with van der Waals surface area (Å²) in [5.74, 6) is -6.86. The van der Waals surface area contributed by atoms with Crippen LogP contribution in [0.15, 0.2) is 0 Å². The number of carbonyl (C=O) groups is 4. The molecule has 4 unspecified atom stereocenters. The van der Waals surface area contributed by atoms with Gasteiger partial charge in [0.2, 0.25) is 0 Å². The number of hydrogen-bond acceptors (Lipinski definition) is 7. The van der Waals surface area contributed by atoms with Gasteiger partial charge in [0.15, 0.2) is 0 Å². The van der Waals surface area contributed by atoms with Crippen molar-refractivity contribution >= 4 is 23.9 Å². The Hall–Kier alpha value is -2.12. The zero-order valence-corrected chi connectivity index (χ0v) is 35.4. The van der Waals surface area contributed by atoms with E-state index < -0.39 is 47.5 Å². The largest absolute Gasteiger partial charge is 0.481 e. The lowest BCUT2D eigenvalue weighted by Crippen LogP contribution is -2.46. The topological polar surface area (TPSA) is 116 Å². The fourth-order valence-corrected chi connectivity index (χ4v) is 7.87. The summed E-state index contributed by atoms with van der Waals surface area (Å²) in [5.41, 5.74) is 0. The Bertz CT molecular complexity index is 936. The van der Waals surface area contributed by atoms with Crippen molar-refractivity contribution in [2.24, 2.45) is 23.7 Å². The van der Waals surface area contributed by atoms with Gasteiger partial charge in [0.05, 0.1) is 43.5 Å². The molecule has 1 N–H and O–H groups in total. The third-order valence-corrected chi connectivity index (χ3v) is 11.4. The average Bonchev–Trinajstić information content (AvgIpc) is 3.17. The van der Waals surface area contributed by atoms with E-state index in [9.17, 15) is 24.3 Å². The highest BCUT2D eigenvalue weighted by molar-refractivity contribution is 5.87. The lowest BCUT2D eigenvalue weighted by atomic mass is 9.68. The zero-order chi connectivity index (χ0) is 39.5. The molecule has 1 aliphatic carbocycles. The molecule has 1 rings (SSSR count). The predicted octanol–water partition coefficient (Wildman–Crippen LogP) is 12.7. The average molecular weight is 765 g/mol. The van der Waals surface area contributed by atoms with Crippen molar-refractivity contribution in [1.82, 2.24) is 0 Å². The molecule has 316 valence electrons. The molecule has 0 aliphatic heterocycles. The van der Waals surface area contributed by atoms with Crippen LogP contribution < -0.4 is 0 Å². The van der Waals surface area contributed by atoms with Gasteiger partial charge in [0.1, 0.15) is 0 Å². The molecule has 1 saturated carbocycles. The second-order valence-corrected chi connectivity index (χ2v) is 16.3. The number of esters is 3. The molecule has 0 aromatic heterocycles. The van der Waals surface area contributed by atoms with Gasteiger partial charge in [-0.15, -0.1) is 0 Å². The highest BCUT2D eigenvalue weighted by Gasteiger charge is 2.50. The van der Waals surface area contributed by atoms with E-state index in [1.165, 1.54) is 135 Å². The maximum Gasteiger partial charge on any atom is 0.309 e. The molecule has 1 fully saturated rings. The minimum atomic E-state index is -1.15. The molecule has 0 heterocycles. The molecule has 4 atom stereocenters. The summed E-state index contributed by atoms with van der Waals surface area (Å²) >= 11 is 0. The Morgan fingerprint density at radius 2 is 0.556 bits per heavy atom. The molecular weight excluding hydrogens is 680 g/mol. The molecule has 0 amide bonds. The number of aliphatic carboxylic acids is 1. The third-order valence-electron chi connectivity index (χ3n) is 11.4. The van der Waals surface area contributed by atoms with Gasteiger partial charge in [-0.3, -0.25) is 19.2 Å². The van der Waals surface area contributed by atoms with Crippen LogP contribution in [-0.4, -0.2) is 48.8 Å². The first kappa shape index (κ1) is 49.9. The Balaban J connectivity index is 2.65. The Morgan fingerprint density at radius 3 is 0.796 bits per heavy atom. The van der Waals surface area contributed by atoms with Gasteiger partial charge in [-0.25, -0.2) is 0 Å². The number of carboxylic acids is 1. The summed E-state index contributed by atoms with van der Waals surface area (Å²) in [4.78, 5) is 52.7. The molecule has 54 heavy (non-hydrogen) atoms. The standard InChI is InChI=1S/C46H84O8/c1-4-7-10-13-16-19-22-25-28-31-34-52-44(49)40-38-42(46(51)54-36-33-30-27-24-21-18-15-12-9-6-3)41(37-39(40)43(47)48)45(50)53-35-32-29-26-23-20-17-14-11-8-5-2/h39-42H,4-38H2,1-3H3,(H,47,48). The van der Waals surface area contributed by atoms with E-state index in [2.05, 4.69) is 20.8 Å². The summed E-state index contributed by atoms with van der Waals surface area (Å²) in [5, 5.41) is 10.2. The van der Waals surface area contributed by atoms with E-state index in [4.69, 9.17) is 14.2 Å². The summed E-state index contributed by atoms with van der Waals surface area (Å²) in [6.07, 6.45) is 34.7. The minimum Gasteiger partial charge on any atom is -0.481 e. The number of hydrogen-bond donors (Lipinski definition) is 1. The van der Waals surface area contributed by atoms with E-state index in [1.54, 1.807) is 0 Å². The van der Waals surface area contributed by atoms with Crippen molar-refractivity contribution < 1.29 is 38.5 Å². The zero-order valence-electron chi connectivity index (χ0n) is 35.4. The number of unbranched alkanes of at least 4 members (excludes halogenated alkanes) is 27. The lowest BCUT2D eigenvalue weighted by Gasteiger charge is -2.36. The molecule has 0 radical (unpaired) electrons. The highest BCUT2D eigenvalue weighted by Crippen LogP contribution is 2.40. The fraction of sp³-hybridized carbons (Fsp3) is 0.913. The molecule has 8 heteroatoms. The van der Waals surface area contributed by atoms with Crippen LogP contribution in [0.4, 0.5) is 0 Å². The van der Waals surface area contributed by atoms with Crippen LogP contribution in [0.25, 0.3) is 0 Å². The van der Waals surface area contributed by atoms with Gasteiger partial charge in [-0.05, 0) is 32.1 Å². The predicted molar refractivity (Wildman–Crippen MR) is 219 cm³/mol. The van der Waals surface area contributed by atoms with E-state index >= 15 is 0 Å². The van der Waals surface area contributed by atoms with Crippen molar-refractivity contribution in [2.75, 3.05) is 19.8 Å². The number of rotatable bonds is 37. The Kier molecular flexibility index (Phi) is 32.6. The normalized spacial score (nSPS) is 18.4. The Labute approximate surface area is 331 Å². The lowest BCUT2D eigenvalue weighted by molar-refractivity contribution is -0.174. The summed E-state index contributed by atoms with van der Waals surface area (Å²) in [6, 6.07) is 0. The van der Waals surface area contributed by atoms with Gasteiger partial charge in [0, 0.05) is 0 Å². The van der Waals surface area contributed by atoms with Crippen LogP contribution in [0.1, 0.15) is 226 Å². The van der Waals surface area contributed by atoms with E-state index in [-0.39, 0.29) is 32.7 Å². The first-order valence-electron chi connectivity index (χ1n) is 23.1. The molecule has 0 bridgehead atoms. The van der Waals surface area contributed by atoms with Crippen LogP contribution in [0.3, 0.4) is 0 Å². The molecule has 1 aliphatic rings. The van der Waals surface area contributed by atoms with E-state index in [1.807, 2.05) is 0 Å². The maximum atomic E-state index is 13.5. The molecule has 8 nitrogen and oxygen atoms in total. The second kappa shape index (κ2) is 35.3. The van der Waals surface area contributed by atoms with Crippen molar-refractivity contribution in [2.45, 2.75) is 226 Å². The van der Waals surface area contributed by atoms with Crippen molar-refractivity contribution in [3.63, 3.8) is 0 Å². The third kappa shape index (κ3) is 25.1. The molecule has 0 saturated heterocycles. The van der Waals surface area contributed by atoms with Crippen molar-refractivity contribution in [1.29, 1.82) is 0 Å².